The van der Waals surface area contributed by atoms with Crippen LogP contribution in [0, 0.1) is 13.8 Å². The summed E-state index contributed by atoms with van der Waals surface area (Å²) in [6.07, 6.45) is 2.89. The Morgan fingerprint density at radius 1 is 1.27 bits per heavy atom. The smallest absolute Gasteiger partial charge is 0.258 e. The molecular weight excluding hydrogens is 328 g/mol. The van der Waals surface area contributed by atoms with Gasteiger partial charge in [0.2, 0.25) is 0 Å². The lowest BCUT2D eigenvalue weighted by Gasteiger charge is -2.07. The first-order valence-corrected chi connectivity index (χ1v) is 8.59. The maximum atomic E-state index is 12.7. The molecule has 0 bridgehead atoms. The van der Waals surface area contributed by atoms with Gasteiger partial charge in [-0.1, -0.05) is 23.4 Å². The van der Waals surface area contributed by atoms with E-state index in [0.717, 1.165) is 12.1 Å². The number of nitrogens with one attached hydrogen (secondary N) is 1. The Kier molecular flexibility index (Phi) is 3.95. The van der Waals surface area contributed by atoms with Gasteiger partial charge in [0.15, 0.2) is 0 Å². The molecule has 0 fully saturated rings. The molecule has 0 aliphatic carbocycles. The molecule has 0 saturated carbocycles. The maximum absolute atomic E-state index is 12.7. The summed E-state index contributed by atoms with van der Waals surface area (Å²) in [6.45, 7) is 4.21. The minimum atomic E-state index is -0.132. The fraction of sp³-hybridized carbons (Fsp3) is 0.250. The number of amides is 1. The van der Waals surface area contributed by atoms with E-state index in [4.69, 9.17) is 4.52 Å². The molecule has 4 aromatic rings. The number of carbonyl (C=O) groups is 1. The van der Waals surface area contributed by atoms with Crippen LogP contribution in [0.15, 0.2) is 41.1 Å². The van der Waals surface area contributed by atoms with Crippen LogP contribution in [-0.2, 0) is 13.5 Å². The zero-order valence-electron chi connectivity index (χ0n) is 15.0. The molecule has 1 aromatic carbocycles. The number of hydrogen-bond acceptors (Lipinski definition) is 4. The number of aromatic nitrogens is 3. The Balaban J connectivity index is 1.53. The first-order chi connectivity index (χ1) is 12.5. The molecule has 0 aliphatic rings. The van der Waals surface area contributed by atoms with Gasteiger partial charge in [-0.3, -0.25) is 4.79 Å². The fourth-order valence-corrected chi connectivity index (χ4v) is 3.43. The summed E-state index contributed by atoms with van der Waals surface area (Å²) >= 11 is 0. The van der Waals surface area contributed by atoms with E-state index in [1.165, 1.54) is 16.5 Å². The molecule has 0 saturated heterocycles. The second-order valence-corrected chi connectivity index (χ2v) is 6.55. The lowest BCUT2D eigenvalue weighted by molar-refractivity contribution is 0.0955. The predicted molar refractivity (Wildman–Crippen MR) is 100 cm³/mol. The van der Waals surface area contributed by atoms with Crippen molar-refractivity contribution in [1.29, 1.82) is 0 Å². The summed E-state index contributed by atoms with van der Waals surface area (Å²) in [5.74, 6) is -0.132. The molecule has 0 atom stereocenters. The highest BCUT2D eigenvalue weighted by atomic mass is 16.5. The van der Waals surface area contributed by atoms with Crippen LogP contribution in [-0.4, -0.2) is 27.2 Å². The van der Waals surface area contributed by atoms with Crippen molar-refractivity contribution in [3.05, 3.63) is 59.0 Å². The standard InChI is InChI=1S/C20H20N4O2/c1-12-10-16(18-13(2)23-26-20(18)22-12)19(25)21-9-8-14-11-24(3)17-7-5-4-6-15(14)17/h4-7,10-11H,8-9H2,1-3H3,(H,21,25). The van der Waals surface area contributed by atoms with Crippen LogP contribution in [0.1, 0.15) is 27.3 Å². The van der Waals surface area contributed by atoms with Crippen molar-refractivity contribution in [2.24, 2.45) is 7.05 Å². The van der Waals surface area contributed by atoms with E-state index < -0.39 is 0 Å². The number of rotatable bonds is 4. The van der Waals surface area contributed by atoms with E-state index in [-0.39, 0.29) is 5.91 Å². The van der Waals surface area contributed by atoms with Crippen molar-refractivity contribution < 1.29 is 9.32 Å². The van der Waals surface area contributed by atoms with Gasteiger partial charge in [-0.15, -0.1) is 0 Å². The predicted octanol–water partition coefficient (Wildman–Crippen LogP) is 3.30. The Morgan fingerprint density at radius 3 is 2.92 bits per heavy atom. The first kappa shape index (κ1) is 16.3. The molecule has 4 rings (SSSR count). The van der Waals surface area contributed by atoms with E-state index in [0.29, 0.717) is 28.9 Å². The molecule has 26 heavy (non-hydrogen) atoms. The summed E-state index contributed by atoms with van der Waals surface area (Å²) < 4.78 is 7.32. The zero-order chi connectivity index (χ0) is 18.3. The number of fused-ring (bicyclic) bond motifs is 2. The van der Waals surface area contributed by atoms with Gasteiger partial charge < -0.3 is 14.4 Å². The number of carbonyl (C=O) groups excluding carboxylic acids is 1. The zero-order valence-corrected chi connectivity index (χ0v) is 15.0. The summed E-state index contributed by atoms with van der Waals surface area (Å²) in [4.78, 5) is 17.0. The van der Waals surface area contributed by atoms with Gasteiger partial charge in [-0.2, -0.15) is 0 Å². The normalized spacial score (nSPS) is 11.3. The molecular formula is C20H20N4O2. The summed E-state index contributed by atoms with van der Waals surface area (Å²) in [6, 6.07) is 10.1. The molecule has 0 aliphatic heterocycles. The molecule has 6 heteroatoms. The Hall–Kier alpha value is -3.15. The van der Waals surface area contributed by atoms with E-state index in [1.54, 1.807) is 6.07 Å². The third kappa shape index (κ3) is 2.73. The lowest BCUT2D eigenvalue weighted by atomic mass is 10.1. The number of benzene rings is 1. The summed E-state index contributed by atoms with van der Waals surface area (Å²) in [5, 5.41) is 8.84. The second-order valence-electron chi connectivity index (χ2n) is 6.55. The highest BCUT2D eigenvalue weighted by Gasteiger charge is 2.17. The van der Waals surface area contributed by atoms with Crippen LogP contribution >= 0.6 is 0 Å². The highest BCUT2D eigenvalue weighted by Crippen LogP contribution is 2.22. The molecule has 0 spiro atoms. The Labute approximate surface area is 150 Å². The first-order valence-electron chi connectivity index (χ1n) is 8.59. The van der Waals surface area contributed by atoms with Gasteiger partial charge in [0.05, 0.1) is 16.6 Å². The van der Waals surface area contributed by atoms with Gasteiger partial charge in [-0.05, 0) is 38.0 Å². The summed E-state index contributed by atoms with van der Waals surface area (Å²) in [7, 11) is 2.04. The van der Waals surface area contributed by atoms with Crippen molar-refractivity contribution in [2.45, 2.75) is 20.3 Å². The molecule has 3 aromatic heterocycles. The van der Waals surface area contributed by atoms with Crippen LogP contribution in [0.25, 0.3) is 22.0 Å². The molecule has 1 N–H and O–H groups in total. The second kappa shape index (κ2) is 6.29. The van der Waals surface area contributed by atoms with Gasteiger partial charge in [-0.25, -0.2) is 4.98 Å². The number of pyridine rings is 1. The van der Waals surface area contributed by atoms with Gasteiger partial charge in [0.25, 0.3) is 11.6 Å². The third-order valence-corrected chi connectivity index (χ3v) is 4.65. The van der Waals surface area contributed by atoms with Crippen LogP contribution in [0.2, 0.25) is 0 Å². The molecule has 0 unspecified atom stereocenters. The summed E-state index contributed by atoms with van der Waals surface area (Å²) in [5.41, 5.74) is 4.78. The number of para-hydroxylation sites is 1. The molecule has 6 nitrogen and oxygen atoms in total. The van der Waals surface area contributed by atoms with E-state index in [2.05, 4.69) is 38.4 Å². The number of nitrogens with zero attached hydrogens (tertiary/aromatic N) is 3. The molecule has 132 valence electrons. The van der Waals surface area contributed by atoms with Crippen LogP contribution < -0.4 is 5.32 Å². The minimum absolute atomic E-state index is 0.132. The maximum Gasteiger partial charge on any atom is 0.258 e. The largest absolute Gasteiger partial charge is 0.352 e. The van der Waals surface area contributed by atoms with Gasteiger partial charge in [0, 0.05) is 36.4 Å². The highest BCUT2D eigenvalue weighted by molar-refractivity contribution is 6.06. The topological polar surface area (TPSA) is 73.0 Å². The lowest BCUT2D eigenvalue weighted by Crippen LogP contribution is -2.26. The van der Waals surface area contributed by atoms with Crippen LogP contribution in [0.4, 0.5) is 0 Å². The average molecular weight is 348 g/mol. The van der Waals surface area contributed by atoms with Crippen molar-refractivity contribution in [3.8, 4) is 0 Å². The SMILES string of the molecule is Cc1cc(C(=O)NCCc2cn(C)c3ccccc23)c2c(C)noc2n1. The molecule has 1 amide bonds. The monoisotopic (exact) mass is 348 g/mol. The molecule has 0 radical (unpaired) electrons. The number of aryl methyl sites for hydroxylation is 3. The van der Waals surface area contributed by atoms with E-state index in [1.807, 2.05) is 33.0 Å². The van der Waals surface area contributed by atoms with Crippen molar-refractivity contribution in [1.82, 2.24) is 20.0 Å². The van der Waals surface area contributed by atoms with Crippen LogP contribution in [0.5, 0.6) is 0 Å². The van der Waals surface area contributed by atoms with E-state index >= 15 is 0 Å². The quantitative estimate of drug-likeness (QED) is 0.614. The van der Waals surface area contributed by atoms with E-state index in [9.17, 15) is 4.79 Å². The fourth-order valence-electron chi connectivity index (χ4n) is 3.43. The molecule has 3 heterocycles. The van der Waals surface area contributed by atoms with Gasteiger partial charge in [0.1, 0.15) is 0 Å². The Bertz CT molecular complexity index is 1120. The van der Waals surface area contributed by atoms with Crippen molar-refractivity contribution in [2.75, 3.05) is 6.54 Å². The Morgan fingerprint density at radius 2 is 2.08 bits per heavy atom. The number of hydrogen-bond donors (Lipinski definition) is 1. The van der Waals surface area contributed by atoms with Crippen molar-refractivity contribution >= 4 is 27.9 Å². The van der Waals surface area contributed by atoms with Gasteiger partial charge >= 0.3 is 0 Å². The minimum Gasteiger partial charge on any atom is -0.352 e. The average Bonchev–Trinajstić information content (AvgIpc) is 3.15. The van der Waals surface area contributed by atoms with Crippen LogP contribution in [0.3, 0.4) is 0 Å². The third-order valence-electron chi connectivity index (χ3n) is 4.65. The van der Waals surface area contributed by atoms with Crippen molar-refractivity contribution in [3.63, 3.8) is 0 Å².